The summed E-state index contributed by atoms with van der Waals surface area (Å²) in [5.41, 5.74) is 1.93. The maximum absolute atomic E-state index is 8.67. The Kier molecular flexibility index (Phi) is 4.97. The van der Waals surface area contributed by atoms with Crippen LogP contribution in [0.5, 0.6) is 0 Å². The van der Waals surface area contributed by atoms with Crippen LogP contribution >= 0.6 is 0 Å². The van der Waals surface area contributed by atoms with E-state index in [0.29, 0.717) is 11.6 Å². The summed E-state index contributed by atoms with van der Waals surface area (Å²) in [7, 11) is 4.15. The molecule has 0 aliphatic heterocycles. The Morgan fingerprint density at radius 2 is 1.94 bits per heavy atom. The number of hydrogen-bond acceptors (Lipinski definition) is 3. The van der Waals surface area contributed by atoms with Crippen molar-refractivity contribution in [1.82, 2.24) is 10.2 Å². The molecule has 0 saturated carbocycles. The van der Waals surface area contributed by atoms with Gasteiger partial charge in [0, 0.05) is 19.1 Å². The Bertz CT molecular complexity index is 348. The molecule has 0 spiro atoms. The molecule has 3 heteroatoms. The van der Waals surface area contributed by atoms with Gasteiger partial charge in [0.15, 0.2) is 0 Å². The molecule has 3 nitrogen and oxygen atoms in total. The van der Waals surface area contributed by atoms with Gasteiger partial charge in [0.1, 0.15) is 0 Å². The summed E-state index contributed by atoms with van der Waals surface area (Å²) in [4.78, 5) is 2.19. The lowest BCUT2D eigenvalue weighted by Gasteiger charge is -2.20. The van der Waals surface area contributed by atoms with Gasteiger partial charge in [0.2, 0.25) is 0 Å². The lowest BCUT2D eigenvalue weighted by molar-refractivity contribution is 0.302. The first-order chi connectivity index (χ1) is 7.63. The minimum Gasteiger partial charge on any atom is -0.311 e. The maximum Gasteiger partial charge on any atom is 0.0991 e. The summed E-state index contributed by atoms with van der Waals surface area (Å²) in [6, 6.07) is 10.3. The molecule has 16 heavy (non-hydrogen) atoms. The van der Waals surface area contributed by atoms with Crippen LogP contribution in [-0.2, 0) is 6.54 Å². The van der Waals surface area contributed by atoms with E-state index in [1.165, 1.54) is 5.56 Å². The molecule has 0 aliphatic rings. The third-order valence-electron chi connectivity index (χ3n) is 2.73. The molecule has 0 aliphatic carbocycles. The highest BCUT2D eigenvalue weighted by Crippen LogP contribution is 2.02. The van der Waals surface area contributed by atoms with Crippen molar-refractivity contribution in [3.05, 3.63) is 35.4 Å². The van der Waals surface area contributed by atoms with E-state index in [9.17, 15) is 0 Å². The average Bonchev–Trinajstić information content (AvgIpc) is 2.29. The largest absolute Gasteiger partial charge is 0.311 e. The van der Waals surface area contributed by atoms with Crippen molar-refractivity contribution in [2.24, 2.45) is 0 Å². The first kappa shape index (κ1) is 12.7. The molecule has 0 radical (unpaired) electrons. The molecule has 1 aromatic rings. The van der Waals surface area contributed by atoms with E-state index >= 15 is 0 Å². The number of benzene rings is 1. The Hall–Kier alpha value is -1.37. The first-order valence-electron chi connectivity index (χ1n) is 5.49. The third kappa shape index (κ3) is 4.01. The Labute approximate surface area is 97.7 Å². The molecule has 86 valence electrons. The van der Waals surface area contributed by atoms with Crippen LogP contribution in [-0.4, -0.2) is 31.6 Å². The van der Waals surface area contributed by atoms with Crippen molar-refractivity contribution in [3.63, 3.8) is 0 Å². The predicted molar refractivity (Wildman–Crippen MR) is 66.0 cm³/mol. The lowest BCUT2D eigenvalue weighted by atomic mass is 10.1. The van der Waals surface area contributed by atoms with Gasteiger partial charge in [0.25, 0.3) is 0 Å². The van der Waals surface area contributed by atoms with Crippen molar-refractivity contribution >= 4 is 0 Å². The summed E-state index contributed by atoms with van der Waals surface area (Å²) in [5.74, 6) is 0. The monoisotopic (exact) mass is 217 g/mol. The molecule has 1 atom stereocenters. The highest BCUT2D eigenvalue weighted by atomic mass is 15.1. The molecule has 1 aromatic carbocycles. The van der Waals surface area contributed by atoms with E-state index in [1.807, 2.05) is 24.3 Å². The predicted octanol–water partition coefficient (Wildman–Crippen LogP) is 1.60. The second-order valence-electron chi connectivity index (χ2n) is 4.25. The van der Waals surface area contributed by atoms with Crippen molar-refractivity contribution in [1.29, 1.82) is 5.26 Å². The lowest BCUT2D eigenvalue weighted by Crippen LogP contribution is -2.35. The summed E-state index contributed by atoms with van der Waals surface area (Å²) >= 11 is 0. The standard InChI is InChI=1S/C13H19N3/c1-11(16(2)3)9-15-10-13-6-4-12(8-14)5-7-13/h4-7,11,15H,9-10H2,1-3H3. The van der Waals surface area contributed by atoms with Crippen molar-refractivity contribution in [2.75, 3.05) is 20.6 Å². The van der Waals surface area contributed by atoms with Crippen LogP contribution in [0.15, 0.2) is 24.3 Å². The van der Waals surface area contributed by atoms with Gasteiger partial charge in [-0.15, -0.1) is 0 Å². The second kappa shape index (κ2) is 6.26. The number of rotatable bonds is 5. The SMILES string of the molecule is CC(CNCc1ccc(C#N)cc1)N(C)C. The normalized spacial score (nSPS) is 12.4. The van der Waals surface area contributed by atoms with Gasteiger partial charge in [-0.25, -0.2) is 0 Å². The first-order valence-corrected chi connectivity index (χ1v) is 5.49. The second-order valence-corrected chi connectivity index (χ2v) is 4.25. The third-order valence-corrected chi connectivity index (χ3v) is 2.73. The number of nitriles is 1. The van der Waals surface area contributed by atoms with Gasteiger partial charge in [0.05, 0.1) is 11.6 Å². The van der Waals surface area contributed by atoms with Crippen molar-refractivity contribution in [2.45, 2.75) is 19.5 Å². The van der Waals surface area contributed by atoms with E-state index in [4.69, 9.17) is 5.26 Å². The fourth-order valence-electron chi connectivity index (χ4n) is 1.31. The van der Waals surface area contributed by atoms with E-state index in [0.717, 1.165) is 13.1 Å². The van der Waals surface area contributed by atoms with Crippen LogP contribution in [0.1, 0.15) is 18.1 Å². The van der Waals surface area contributed by atoms with Crippen LogP contribution < -0.4 is 5.32 Å². The molecule has 0 aromatic heterocycles. The van der Waals surface area contributed by atoms with E-state index in [-0.39, 0.29) is 0 Å². The maximum atomic E-state index is 8.67. The van der Waals surface area contributed by atoms with Gasteiger partial charge < -0.3 is 10.2 Å². The van der Waals surface area contributed by atoms with Crippen molar-refractivity contribution < 1.29 is 0 Å². The fraction of sp³-hybridized carbons (Fsp3) is 0.462. The van der Waals surface area contributed by atoms with Gasteiger partial charge in [-0.1, -0.05) is 12.1 Å². The van der Waals surface area contributed by atoms with Gasteiger partial charge in [-0.3, -0.25) is 0 Å². The summed E-state index contributed by atoms with van der Waals surface area (Å²) < 4.78 is 0. The number of nitrogens with one attached hydrogen (secondary N) is 1. The van der Waals surface area contributed by atoms with E-state index in [2.05, 4.69) is 37.3 Å². The zero-order valence-electron chi connectivity index (χ0n) is 10.2. The number of hydrogen-bond donors (Lipinski definition) is 1. The van der Waals surface area contributed by atoms with E-state index in [1.54, 1.807) is 0 Å². The molecule has 1 rings (SSSR count). The van der Waals surface area contributed by atoms with E-state index < -0.39 is 0 Å². The molecule has 1 unspecified atom stereocenters. The Morgan fingerprint density at radius 1 is 1.31 bits per heavy atom. The van der Waals surface area contributed by atoms with Gasteiger partial charge >= 0.3 is 0 Å². The molecule has 0 amide bonds. The molecule has 0 fully saturated rings. The average molecular weight is 217 g/mol. The molecule has 0 saturated heterocycles. The minimum atomic E-state index is 0.526. The van der Waals surface area contributed by atoms with Gasteiger partial charge in [-0.05, 0) is 38.7 Å². The molecular formula is C13H19N3. The molecular weight excluding hydrogens is 198 g/mol. The van der Waals surface area contributed by atoms with Crippen LogP contribution in [0.3, 0.4) is 0 Å². The summed E-state index contributed by atoms with van der Waals surface area (Å²) in [6.45, 7) is 4.00. The van der Waals surface area contributed by atoms with Crippen LogP contribution in [0.25, 0.3) is 0 Å². The van der Waals surface area contributed by atoms with Crippen LogP contribution in [0.4, 0.5) is 0 Å². The smallest absolute Gasteiger partial charge is 0.0991 e. The summed E-state index contributed by atoms with van der Waals surface area (Å²) in [6.07, 6.45) is 0. The molecule has 0 heterocycles. The molecule has 1 N–H and O–H groups in total. The zero-order valence-corrected chi connectivity index (χ0v) is 10.2. The Balaban J connectivity index is 2.35. The van der Waals surface area contributed by atoms with Crippen molar-refractivity contribution in [3.8, 4) is 6.07 Å². The van der Waals surface area contributed by atoms with Crippen LogP contribution in [0.2, 0.25) is 0 Å². The zero-order chi connectivity index (χ0) is 12.0. The topological polar surface area (TPSA) is 39.1 Å². The molecule has 0 bridgehead atoms. The van der Waals surface area contributed by atoms with Crippen LogP contribution in [0, 0.1) is 11.3 Å². The fourth-order valence-corrected chi connectivity index (χ4v) is 1.31. The number of likely N-dealkylation sites (N-methyl/N-ethyl adjacent to an activating group) is 1. The number of nitrogens with zero attached hydrogens (tertiary/aromatic N) is 2. The Morgan fingerprint density at radius 3 is 2.44 bits per heavy atom. The minimum absolute atomic E-state index is 0.526. The summed E-state index contributed by atoms with van der Waals surface area (Å²) in [5, 5.41) is 12.1. The highest BCUT2D eigenvalue weighted by molar-refractivity contribution is 5.31. The quantitative estimate of drug-likeness (QED) is 0.814. The van der Waals surface area contributed by atoms with Gasteiger partial charge in [-0.2, -0.15) is 5.26 Å². The highest BCUT2D eigenvalue weighted by Gasteiger charge is 2.02.